The summed E-state index contributed by atoms with van der Waals surface area (Å²) in [5.41, 5.74) is 3.94. The van der Waals surface area contributed by atoms with Crippen molar-refractivity contribution < 1.29 is 33.6 Å². The Balaban J connectivity index is 1.46. The van der Waals surface area contributed by atoms with E-state index in [0.717, 1.165) is 16.5 Å². The molecule has 1 aromatic heterocycles. The van der Waals surface area contributed by atoms with Gasteiger partial charge in [0.15, 0.2) is 11.5 Å². The molecule has 0 spiro atoms. The number of aromatic nitrogens is 1. The normalized spacial score (nSPS) is 13.1. The average Bonchev–Trinajstić information content (AvgIpc) is 3.37. The molecule has 0 fully saturated rings. The molecule has 1 aliphatic heterocycles. The number of aliphatic hydroxyl groups is 1. The zero-order valence-corrected chi connectivity index (χ0v) is 21.1. The van der Waals surface area contributed by atoms with Gasteiger partial charge in [-0.25, -0.2) is 4.79 Å². The fraction of sp³-hybridized carbons (Fsp3) is 0.241. The van der Waals surface area contributed by atoms with Gasteiger partial charge in [0.05, 0.1) is 32.4 Å². The van der Waals surface area contributed by atoms with Gasteiger partial charge in [0.1, 0.15) is 24.5 Å². The number of nitrogens with one attached hydrogen (secondary N) is 2. The molecule has 1 atom stereocenters. The summed E-state index contributed by atoms with van der Waals surface area (Å²) < 4.78 is 21.9. The molecule has 0 bridgehead atoms. The van der Waals surface area contributed by atoms with Crippen LogP contribution in [0.5, 0.6) is 17.2 Å². The number of amides is 1. The summed E-state index contributed by atoms with van der Waals surface area (Å²) in [5.74, 6) is 0.215. The van der Waals surface area contributed by atoms with Crippen molar-refractivity contribution in [2.24, 2.45) is 0 Å². The van der Waals surface area contributed by atoms with Gasteiger partial charge in [-0.3, -0.25) is 4.79 Å². The van der Waals surface area contributed by atoms with Crippen molar-refractivity contribution in [3.63, 3.8) is 0 Å². The number of benzene rings is 3. The summed E-state index contributed by atoms with van der Waals surface area (Å²) in [4.78, 5) is 28.8. The van der Waals surface area contributed by atoms with E-state index in [-0.39, 0.29) is 17.7 Å². The smallest absolute Gasteiger partial charge is 0.341 e. The van der Waals surface area contributed by atoms with Crippen molar-refractivity contribution in [2.75, 3.05) is 34.0 Å². The number of H-pyrrole nitrogens is 1. The van der Waals surface area contributed by atoms with E-state index in [0.29, 0.717) is 48.0 Å². The minimum Gasteiger partial charge on any atom is -0.496 e. The SMILES string of the molecule is COC(=O)c1ccc(-c2cc3c(c(C(=O)N[C@@H](CO)Cc4c[nH]c5ccccc45)c2)OCCO3)cc1OC. The van der Waals surface area contributed by atoms with Crippen LogP contribution in [0.25, 0.3) is 22.0 Å². The van der Waals surface area contributed by atoms with Crippen molar-refractivity contribution in [1.29, 1.82) is 0 Å². The Kier molecular flexibility index (Phi) is 7.19. The van der Waals surface area contributed by atoms with Crippen molar-refractivity contribution in [3.05, 3.63) is 77.5 Å². The molecular weight excluding hydrogens is 488 g/mol. The van der Waals surface area contributed by atoms with Gasteiger partial charge in [-0.05, 0) is 53.4 Å². The van der Waals surface area contributed by atoms with Crippen LogP contribution in [0.3, 0.4) is 0 Å². The second kappa shape index (κ2) is 10.9. The Hall–Kier alpha value is -4.50. The van der Waals surface area contributed by atoms with E-state index >= 15 is 0 Å². The third kappa shape index (κ3) is 4.88. The number of carbonyl (C=O) groups is 2. The molecule has 196 valence electrons. The van der Waals surface area contributed by atoms with E-state index in [1.807, 2.05) is 30.5 Å². The van der Waals surface area contributed by atoms with Crippen LogP contribution in [0.4, 0.5) is 0 Å². The van der Waals surface area contributed by atoms with Gasteiger partial charge < -0.3 is 34.4 Å². The Morgan fingerprint density at radius 3 is 2.63 bits per heavy atom. The zero-order valence-electron chi connectivity index (χ0n) is 21.1. The first-order valence-corrected chi connectivity index (χ1v) is 12.2. The quantitative estimate of drug-likeness (QED) is 0.305. The number of rotatable bonds is 8. The Morgan fingerprint density at radius 2 is 1.84 bits per heavy atom. The lowest BCUT2D eigenvalue weighted by molar-refractivity contribution is 0.0597. The summed E-state index contributed by atoms with van der Waals surface area (Å²) in [6, 6.07) is 15.9. The number of hydrogen-bond acceptors (Lipinski definition) is 7. The number of carbonyl (C=O) groups excluding carboxylic acids is 2. The molecule has 3 N–H and O–H groups in total. The maximum Gasteiger partial charge on any atom is 0.341 e. The molecule has 2 heterocycles. The molecule has 9 heteroatoms. The van der Waals surface area contributed by atoms with Crippen LogP contribution in [0.1, 0.15) is 26.3 Å². The minimum atomic E-state index is -0.523. The largest absolute Gasteiger partial charge is 0.496 e. The highest BCUT2D eigenvalue weighted by molar-refractivity contribution is 6.00. The molecule has 0 radical (unpaired) electrons. The highest BCUT2D eigenvalue weighted by Crippen LogP contribution is 2.39. The number of hydrogen-bond donors (Lipinski definition) is 3. The number of ether oxygens (including phenoxy) is 4. The monoisotopic (exact) mass is 516 g/mol. The van der Waals surface area contributed by atoms with E-state index in [2.05, 4.69) is 10.3 Å². The van der Waals surface area contributed by atoms with Crippen LogP contribution in [0, 0.1) is 0 Å². The predicted octanol–water partition coefficient (Wildman–Crippen LogP) is 3.73. The number of methoxy groups -OCH3 is 2. The van der Waals surface area contributed by atoms with Gasteiger partial charge >= 0.3 is 5.97 Å². The summed E-state index contributed by atoms with van der Waals surface area (Å²) >= 11 is 0. The molecule has 0 saturated carbocycles. The zero-order chi connectivity index (χ0) is 26.6. The number of aliphatic hydroxyl groups excluding tert-OH is 1. The van der Waals surface area contributed by atoms with Crippen molar-refractivity contribution in [3.8, 4) is 28.4 Å². The summed E-state index contributed by atoms with van der Waals surface area (Å²) in [6.07, 6.45) is 2.34. The molecule has 4 aromatic rings. The predicted molar refractivity (Wildman–Crippen MR) is 141 cm³/mol. The fourth-order valence-electron chi connectivity index (χ4n) is 4.63. The standard InChI is InChI=1S/C29H28N2O7/c1-35-25-13-17(7-8-22(25)29(34)36-2)18-12-23(27-26(14-18)37-9-10-38-27)28(33)31-20(16-32)11-19-15-30-24-6-4-3-5-21(19)24/h3-8,12-15,20,30,32H,9-11,16H2,1-2H3,(H,31,33)/t20-/m1/s1. The lowest BCUT2D eigenvalue weighted by Gasteiger charge is -2.23. The van der Waals surface area contributed by atoms with Crippen molar-refractivity contribution >= 4 is 22.8 Å². The molecule has 0 aliphatic carbocycles. The number of fused-ring (bicyclic) bond motifs is 2. The number of aromatic amines is 1. The first-order valence-electron chi connectivity index (χ1n) is 12.2. The molecule has 3 aromatic carbocycles. The van der Waals surface area contributed by atoms with Crippen LogP contribution >= 0.6 is 0 Å². The molecule has 9 nitrogen and oxygen atoms in total. The highest BCUT2D eigenvalue weighted by Gasteiger charge is 2.25. The topological polar surface area (TPSA) is 119 Å². The average molecular weight is 517 g/mol. The van der Waals surface area contributed by atoms with Crippen LogP contribution in [0.2, 0.25) is 0 Å². The molecule has 0 unspecified atom stereocenters. The van der Waals surface area contributed by atoms with E-state index in [9.17, 15) is 14.7 Å². The molecular formula is C29H28N2O7. The van der Waals surface area contributed by atoms with E-state index in [1.54, 1.807) is 30.3 Å². The van der Waals surface area contributed by atoms with Gasteiger partial charge in [0.2, 0.25) is 0 Å². The third-order valence-electron chi connectivity index (χ3n) is 6.52. The van der Waals surface area contributed by atoms with Crippen LogP contribution in [0.15, 0.2) is 60.8 Å². The molecule has 0 saturated heterocycles. The lowest BCUT2D eigenvalue weighted by atomic mass is 9.98. The van der Waals surface area contributed by atoms with E-state index < -0.39 is 17.9 Å². The van der Waals surface area contributed by atoms with Gasteiger partial charge in [0.25, 0.3) is 5.91 Å². The summed E-state index contributed by atoms with van der Waals surface area (Å²) in [7, 11) is 2.77. The van der Waals surface area contributed by atoms with Crippen LogP contribution in [-0.4, -0.2) is 62.0 Å². The maximum atomic E-state index is 13.5. The first-order chi connectivity index (χ1) is 18.5. The Morgan fingerprint density at radius 1 is 1.03 bits per heavy atom. The molecule has 5 rings (SSSR count). The van der Waals surface area contributed by atoms with Crippen LogP contribution < -0.4 is 19.5 Å². The number of esters is 1. The molecule has 1 aliphatic rings. The van der Waals surface area contributed by atoms with Gasteiger partial charge in [0, 0.05) is 17.1 Å². The van der Waals surface area contributed by atoms with Gasteiger partial charge in [-0.1, -0.05) is 24.3 Å². The first kappa shape index (κ1) is 25.2. The number of para-hydroxylation sites is 1. The van der Waals surface area contributed by atoms with Gasteiger partial charge in [-0.2, -0.15) is 0 Å². The minimum absolute atomic E-state index is 0.239. The third-order valence-corrected chi connectivity index (χ3v) is 6.52. The van der Waals surface area contributed by atoms with E-state index in [4.69, 9.17) is 18.9 Å². The van der Waals surface area contributed by atoms with E-state index in [1.165, 1.54) is 14.2 Å². The summed E-state index contributed by atoms with van der Waals surface area (Å²) in [6.45, 7) is 0.422. The second-order valence-electron chi connectivity index (χ2n) is 8.87. The Labute approximate surface area is 219 Å². The maximum absolute atomic E-state index is 13.5. The second-order valence-corrected chi connectivity index (χ2v) is 8.87. The highest BCUT2D eigenvalue weighted by atomic mass is 16.6. The molecule has 1 amide bonds. The van der Waals surface area contributed by atoms with Gasteiger partial charge in [-0.15, -0.1) is 0 Å². The van der Waals surface area contributed by atoms with Crippen molar-refractivity contribution in [2.45, 2.75) is 12.5 Å². The Bertz CT molecular complexity index is 1490. The molecule has 38 heavy (non-hydrogen) atoms. The lowest BCUT2D eigenvalue weighted by Crippen LogP contribution is -2.39. The van der Waals surface area contributed by atoms with Crippen LogP contribution in [-0.2, 0) is 11.2 Å². The summed E-state index contributed by atoms with van der Waals surface area (Å²) in [5, 5.41) is 14.1. The van der Waals surface area contributed by atoms with Crippen molar-refractivity contribution in [1.82, 2.24) is 10.3 Å². The fourth-order valence-corrected chi connectivity index (χ4v) is 4.63.